The molecule has 0 amide bonds. The van der Waals surface area contributed by atoms with Gasteiger partial charge in [0.05, 0.1) is 18.0 Å². The molecule has 90 valence electrons. The summed E-state index contributed by atoms with van der Waals surface area (Å²) in [6, 6.07) is 0. The van der Waals surface area contributed by atoms with Crippen LogP contribution in [0.3, 0.4) is 0 Å². The standard InChI is InChI=1S/C9H20N2O3S/c1-8-6-11(7-9(2)14-8)4-3-5-15(10,12)13/h8-9H,3-7H2,1-2H3,(H2,10,12,13)/t8-,9+. The van der Waals surface area contributed by atoms with Crippen molar-refractivity contribution in [1.82, 2.24) is 4.90 Å². The topological polar surface area (TPSA) is 72.6 Å². The van der Waals surface area contributed by atoms with E-state index in [1.807, 2.05) is 13.8 Å². The molecule has 6 heteroatoms. The number of nitrogens with zero attached hydrogens (tertiary/aromatic N) is 1. The van der Waals surface area contributed by atoms with E-state index in [1.165, 1.54) is 0 Å². The van der Waals surface area contributed by atoms with Crippen LogP contribution in [0.25, 0.3) is 0 Å². The van der Waals surface area contributed by atoms with E-state index >= 15 is 0 Å². The van der Waals surface area contributed by atoms with Crippen molar-refractivity contribution >= 4 is 10.0 Å². The first-order valence-electron chi connectivity index (χ1n) is 5.25. The Hall–Kier alpha value is -0.170. The first-order valence-corrected chi connectivity index (χ1v) is 6.96. The van der Waals surface area contributed by atoms with Crippen molar-refractivity contribution in [3.63, 3.8) is 0 Å². The lowest BCUT2D eigenvalue weighted by molar-refractivity contribution is -0.0677. The molecule has 1 saturated heterocycles. The summed E-state index contributed by atoms with van der Waals surface area (Å²) in [5.74, 6) is 0.0626. The maximum atomic E-state index is 10.7. The highest BCUT2D eigenvalue weighted by atomic mass is 32.2. The Kier molecular flexibility index (Phi) is 4.51. The van der Waals surface area contributed by atoms with Crippen LogP contribution in [0.2, 0.25) is 0 Å². The summed E-state index contributed by atoms with van der Waals surface area (Å²) >= 11 is 0. The molecular formula is C9H20N2O3S. The molecule has 1 aliphatic heterocycles. The van der Waals surface area contributed by atoms with E-state index in [9.17, 15) is 8.42 Å². The summed E-state index contributed by atoms with van der Waals surface area (Å²) in [7, 11) is -3.31. The molecular weight excluding hydrogens is 216 g/mol. The van der Waals surface area contributed by atoms with Gasteiger partial charge in [0.25, 0.3) is 0 Å². The zero-order valence-corrected chi connectivity index (χ0v) is 10.2. The summed E-state index contributed by atoms with van der Waals surface area (Å²) in [5.41, 5.74) is 0. The van der Waals surface area contributed by atoms with Gasteiger partial charge in [0, 0.05) is 13.1 Å². The van der Waals surface area contributed by atoms with Gasteiger partial charge in [-0.1, -0.05) is 0 Å². The average Bonchev–Trinajstić information content (AvgIpc) is 1.99. The molecule has 0 unspecified atom stereocenters. The number of rotatable bonds is 4. The maximum Gasteiger partial charge on any atom is 0.209 e. The van der Waals surface area contributed by atoms with Gasteiger partial charge in [-0.15, -0.1) is 0 Å². The van der Waals surface area contributed by atoms with E-state index in [4.69, 9.17) is 9.88 Å². The maximum absolute atomic E-state index is 10.7. The number of primary sulfonamides is 1. The van der Waals surface area contributed by atoms with Crippen molar-refractivity contribution in [2.24, 2.45) is 5.14 Å². The highest BCUT2D eigenvalue weighted by Gasteiger charge is 2.21. The Balaban J connectivity index is 2.26. The molecule has 1 heterocycles. The second kappa shape index (κ2) is 5.25. The van der Waals surface area contributed by atoms with E-state index in [1.54, 1.807) is 0 Å². The molecule has 0 spiro atoms. The molecule has 0 bridgehead atoms. The van der Waals surface area contributed by atoms with Gasteiger partial charge in [-0.25, -0.2) is 13.6 Å². The third-order valence-corrected chi connectivity index (χ3v) is 3.26. The third kappa shape index (κ3) is 5.46. The Labute approximate surface area is 91.6 Å². The molecule has 1 fully saturated rings. The number of nitrogens with two attached hydrogens (primary N) is 1. The van der Waals surface area contributed by atoms with Crippen molar-refractivity contribution in [3.05, 3.63) is 0 Å². The summed E-state index contributed by atoms with van der Waals surface area (Å²) in [5, 5.41) is 4.93. The molecule has 1 aliphatic rings. The smallest absolute Gasteiger partial charge is 0.209 e. The van der Waals surface area contributed by atoms with Crippen LogP contribution in [0.1, 0.15) is 20.3 Å². The fourth-order valence-corrected chi connectivity index (χ4v) is 2.49. The van der Waals surface area contributed by atoms with Crippen molar-refractivity contribution in [1.29, 1.82) is 0 Å². The van der Waals surface area contributed by atoms with E-state index < -0.39 is 10.0 Å². The van der Waals surface area contributed by atoms with Crippen LogP contribution in [0, 0.1) is 0 Å². The number of morpholine rings is 1. The molecule has 5 nitrogen and oxygen atoms in total. The van der Waals surface area contributed by atoms with Gasteiger partial charge >= 0.3 is 0 Å². The van der Waals surface area contributed by atoms with Gasteiger partial charge in [-0.05, 0) is 26.8 Å². The molecule has 0 saturated carbocycles. The molecule has 15 heavy (non-hydrogen) atoms. The van der Waals surface area contributed by atoms with Gasteiger partial charge in [-0.2, -0.15) is 0 Å². The quantitative estimate of drug-likeness (QED) is 0.732. The van der Waals surface area contributed by atoms with E-state index in [0.717, 1.165) is 19.6 Å². The second-order valence-corrected chi connectivity index (χ2v) is 5.97. The summed E-state index contributed by atoms with van der Waals surface area (Å²) in [6.07, 6.45) is 1.05. The fourth-order valence-electron chi connectivity index (χ4n) is 1.96. The van der Waals surface area contributed by atoms with Crippen LogP contribution in [0.4, 0.5) is 0 Å². The minimum Gasteiger partial charge on any atom is -0.373 e. The minimum absolute atomic E-state index is 0.0626. The van der Waals surface area contributed by atoms with E-state index in [0.29, 0.717) is 6.42 Å². The zero-order chi connectivity index (χ0) is 11.5. The zero-order valence-electron chi connectivity index (χ0n) is 9.35. The highest BCUT2D eigenvalue weighted by molar-refractivity contribution is 7.89. The SMILES string of the molecule is C[C@@H]1CN(CCCS(N)(=O)=O)C[C@H](C)O1. The van der Waals surface area contributed by atoms with Gasteiger partial charge in [0.1, 0.15) is 0 Å². The number of hydrogen-bond donors (Lipinski definition) is 1. The van der Waals surface area contributed by atoms with Gasteiger partial charge in [-0.3, -0.25) is 4.90 Å². The van der Waals surface area contributed by atoms with Crippen molar-refractivity contribution in [3.8, 4) is 0 Å². The van der Waals surface area contributed by atoms with Crippen LogP contribution < -0.4 is 5.14 Å². The lowest BCUT2D eigenvalue weighted by Gasteiger charge is -2.35. The highest BCUT2D eigenvalue weighted by Crippen LogP contribution is 2.10. The Morgan fingerprint density at radius 1 is 1.33 bits per heavy atom. The first-order chi connectivity index (χ1) is 6.87. The van der Waals surface area contributed by atoms with Crippen LogP contribution in [0.15, 0.2) is 0 Å². The van der Waals surface area contributed by atoms with Crippen LogP contribution >= 0.6 is 0 Å². The van der Waals surface area contributed by atoms with Crippen LogP contribution in [0.5, 0.6) is 0 Å². The van der Waals surface area contributed by atoms with Gasteiger partial charge in [0.2, 0.25) is 10.0 Å². The summed E-state index contributed by atoms with van der Waals surface area (Å²) in [6.45, 7) is 6.57. The molecule has 1 rings (SSSR count). The molecule has 0 aromatic rings. The minimum atomic E-state index is -3.31. The van der Waals surface area contributed by atoms with Gasteiger partial charge < -0.3 is 4.74 Å². The van der Waals surface area contributed by atoms with Gasteiger partial charge in [0.15, 0.2) is 0 Å². The monoisotopic (exact) mass is 236 g/mol. The molecule has 2 atom stereocenters. The molecule has 2 N–H and O–H groups in total. The molecule has 0 radical (unpaired) electrons. The predicted octanol–water partition coefficient (Wildman–Crippen LogP) is -0.226. The summed E-state index contributed by atoms with van der Waals surface area (Å²) in [4.78, 5) is 2.23. The number of sulfonamides is 1. The lowest BCUT2D eigenvalue weighted by atomic mass is 10.2. The lowest BCUT2D eigenvalue weighted by Crippen LogP contribution is -2.46. The average molecular weight is 236 g/mol. The molecule has 0 aliphatic carbocycles. The Morgan fingerprint density at radius 3 is 2.33 bits per heavy atom. The third-order valence-electron chi connectivity index (χ3n) is 2.40. The Bertz CT molecular complexity index is 282. The molecule has 0 aromatic heterocycles. The Morgan fingerprint density at radius 2 is 1.87 bits per heavy atom. The van der Waals surface area contributed by atoms with Crippen molar-refractivity contribution in [2.75, 3.05) is 25.4 Å². The van der Waals surface area contributed by atoms with Crippen LogP contribution in [-0.2, 0) is 14.8 Å². The van der Waals surface area contributed by atoms with E-state index in [2.05, 4.69) is 4.90 Å². The largest absolute Gasteiger partial charge is 0.373 e. The number of ether oxygens (including phenoxy) is 1. The van der Waals surface area contributed by atoms with Crippen LogP contribution in [-0.4, -0.2) is 50.9 Å². The van der Waals surface area contributed by atoms with E-state index in [-0.39, 0.29) is 18.0 Å². The predicted molar refractivity (Wildman–Crippen MR) is 59.0 cm³/mol. The normalized spacial score (nSPS) is 29.3. The fraction of sp³-hybridized carbons (Fsp3) is 1.00. The summed E-state index contributed by atoms with van der Waals surface area (Å²) < 4.78 is 27.1. The van der Waals surface area contributed by atoms with Crippen molar-refractivity contribution < 1.29 is 13.2 Å². The first kappa shape index (κ1) is 12.9. The van der Waals surface area contributed by atoms with Crippen molar-refractivity contribution in [2.45, 2.75) is 32.5 Å². The molecule has 0 aromatic carbocycles. The second-order valence-electron chi connectivity index (χ2n) is 4.24. The number of hydrogen-bond acceptors (Lipinski definition) is 4.